The van der Waals surface area contributed by atoms with Crippen LogP contribution in [0.5, 0.6) is 5.75 Å². The van der Waals surface area contributed by atoms with E-state index in [1.165, 1.54) is 13.0 Å². The molecule has 0 bridgehead atoms. The molecule has 0 aliphatic carbocycles. The molecular formula is C22H22Cl2FN3O6S. The van der Waals surface area contributed by atoms with Crippen molar-refractivity contribution >= 4 is 33.2 Å². The second-order valence-electron chi connectivity index (χ2n) is 8.12. The Kier molecular flexibility index (Phi) is 5.74. The Labute approximate surface area is 214 Å². The standard InChI is InChI=1S/C22H22Cl2FN3O6S/c1-10-12(23)4-6-14(25)16(10)11(2)18(20-26-27-21(29)34-20)28-35(31,32)15-7-5-13(24)17-19(15)33-9-8-22(17,3)30/h4-7,11,18,28,30H,8-9H2,1-3H3,(H,27,29)/t11-,18+,22+/m1/s1/i3D3. The summed E-state index contributed by atoms with van der Waals surface area (Å²) in [6, 6.07) is 3.21. The van der Waals surface area contributed by atoms with E-state index >= 15 is 0 Å². The maximum atomic E-state index is 14.9. The van der Waals surface area contributed by atoms with Gasteiger partial charge in [0.05, 0.1) is 17.2 Å². The van der Waals surface area contributed by atoms with E-state index in [1.807, 2.05) is 5.10 Å². The normalized spacial score (nSPS) is 21.3. The Bertz CT molecular complexity index is 1560. The van der Waals surface area contributed by atoms with Crippen LogP contribution in [0, 0.1) is 12.7 Å². The van der Waals surface area contributed by atoms with Gasteiger partial charge in [-0.3, -0.25) is 0 Å². The van der Waals surface area contributed by atoms with Gasteiger partial charge in [-0.15, -0.1) is 5.10 Å². The van der Waals surface area contributed by atoms with Gasteiger partial charge < -0.3 is 14.3 Å². The molecule has 3 aromatic rings. The molecule has 2 aromatic carbocycles. The molecule has 3 atom stereocenters. The van der Waals surface area contributed by atoms with Crippen molar-refractivity contribution in [1.82, 2.24) is 14.9 Å². The lowest BCUT2D eigenvalue weighted by molar-refractivity contribution is 0.0135. The van der Waals surface area contributed by atoms with Gasteiger partial charge in [0.15, 0.2) is 0 Å². The molecule has 0 fully saturated rings. The lowest BCUT2D eigenvalue weighted by Gasteiger charge is -2.33. The molecular weight excluding hydrogens is 524 g/mol. The summed E-state index contributed by atoms with van der Waals surface area (Å²) in [5.74, 6) is -3.52. The van der Waals surface area contributed by atoms with Crippen molar-refractivity contribution in [2.24, 2.45) is 0 Å². The molecule has 0 amide bonds. The Morgan fingerprint density at radius 1 is 1.31 bits per heavy atom. The molecule has 9 nitrogen and oxygen atoms in total. The number of sulfonamides is 1. The number of halogens is 3. The highest BCUT2D eigenvalue weighted by atomic mass is 35.5. The van der Waals surface area contributed by atoms with Crippen LogP contribution in [0.1, 0.15) is 58.8 Å². The zero-order chi connectivity index (χ0) is 28.2. The molecule has 2 heterocycles. The van der Waals surface area contributed by atoms with Crippen LogP contribution in [-0.2, 0) is 15.6 Å². The molecule has 1 aromatic heterocycles. The smallest absolute Gasteiger partial charge is 0.434 e. The molecule has 0 unspecified atom stereocenters. The minimum Gasteiger partial charge on any atom is -0.492 e. The van der Waals surface area contributed by atoms with Gasteiger partial charge in [-0.05, 0) is 49.2 Å². The Morgan fingerprint density at radius 2 is 2.03 bits per heavy atom. The summed E-state index contributed by atoms with van der Waals surface area (Å²) in [6.07, 6.45) is -0.363. The third-order valence-electron chi connectivity index (χ3n) is 5.84. The van der Waals surface area contributed by atoms with Gasteiger partial charge in [-0.25, -0.2) is 22.7 Å². The number of ether oxygens (including phenoxy) is 1. The van der Waals surface area contributed by atoms with Gasteiger partial charge in [0, 0.05) is 27.0 Å². The minimum absolute atomic E-state index is 0.0435. The summed E-state index contributed by atoms with van der Waals surface area (Å²) >= 11 is 12.4. The zero-order valence-electron chi connectivity index (χ0n) is 21.4. The summed E-state index contributed by atoms with van der Waals surface area (Å²) in [7, 11) is -4.64. The Hall–Kier alpha value is -2.44. The number of nitrogens with one attached hydrogen (secondary N) is 2. The van der Waals surface area contributed by atoms with Crippen LogP contribution in [0.15, 0.2) is 38.4 Å². The van der Waals surface area contributed by atoms with Crippen LogP contribution in [-0.4, -0.2) is 30.3 Å². The van der Waals surface area contributed by atoms with Gasteiger partial charge in [0.25, 0.3) is 0 Å². The molecule has 35 heavy (non-hydrogen) atoms. The number of aromatic nitrogens is 2. The molecule has 188 valence electrons. The second kappa shape index (κ2) is 9.21. The average Bonchev–Trinajstić information content (AvgIpc) is 3.25. The van der Waals surface area contributed by atoms with E-state index in [0.717, 1.165) is 18.2 Å². The number of aliphatic hydroxyl groups is 1. The van der Waals surface area contributed by atoms with Crippen molar-refractivity contribution in [3.8, 4) is 5.75 Å². The Balaban J connectivity index is 1.86. The van der Waals surface area contributed by atoms with Gasteiger partial charge >= 0.3 is 5.76 Å². The fourth-order valence-corrected chi connectivity index (χ4v) is 5.96. The fraction of sp³-hybridized carbons (Fsp3) is 0.364. The fourth-order valence-electron chi connectivity index (χ4n) is 4.07. The first-order valence-electron chi connectivity index (χ1n) is 11.8. The third kappa shape index (κ3) is 4.70. The van der Waals surface area contributed by atoms with E-state index in [9.17, 15) is 22.7 Å². The zero-order valence-corrected chi connectivity index (χ0v) is 20.7. The van der Waals surface area contributed by atoms with E-state index in [1.54, 1.807) is 6.92 Å². The van der Waals surface area contributed by atoms with Crippen molar-refractivity contribution in [3.63, 3.8) is 0 Å². The van der Waals surface area contributed by atoms with Crippen molar-refractivity contribution in [3.05, 3.63) is 73.3 Å². The first kappa shape index (κ1) is 21.8. The number of hydrogen-bond acceptors (Lipinski definition) is 7. The molecule has 13 heteroatoms. The van der Waals surface area contributed by atoms with Crippen LogP contribution >= 0.6 is 23.2 Å². The van der Waals surface area contributed by atoms with Crippen LogP contribution in [0.2, 0.25) is 10.0 Å². The van der Waals surface area contributed by atoms with Crippen LogP contribution < -0.4 is 15.2 Å². The lowest BCUT2D eigenvalue weighted by atomic mass is 9.90. The predicted molar refractivity (Wildman–Crippen MR) is 126 cm³/mol. The predicted octanol–water partition coefficient (Wildman–Crippen LogP) is 3.93. The number of rotatable bonds is 6. The number of nitrogens with zero attached hydrogens (tertiary/aromatic N) is 1. The molecule has 4 rings (SSSR count). The number of benzene rings is 2. The van der Waals surface area contributed by atoms with Gasteiger partial charge in [0.2, 0.25) is 15.9 Å². The van der Waals surface area contributed by atoms with Gasteiger partial charge in [0.1, 0.15) is 22.5 Å². The highest BCUT2D eigenvalue weighted by Gasteiger charge is 2.39. The van der Waals surface area contributed by atoms with Crippen molar-refractivity contribution in [2.75, 3.05) is 6.61 Å². The van der Waals surface area contributed by atoms with Gasteiger partial charge in [-0.1, -0.05) is 30.1 Å². The van der Waals surface area contributed by atoms with Crippen LogP contribution in [0.25, 0.3) is 0 Å². The topological polar surface area (TPSA) is 135 Å². The van der Waals surface area contributed by atoms with E-state index < -0.39 is 68.1 Å². The number of hydrogen-bond donors (Lipinski definition) is 3. The minimum atomic E-state index is -4.64. The molecule has 3 N–H and O–H groups in total. The average molecular weight is 549 g/mol. The monoisotopic (exact) mass is 548 g/mol. The summed E-state index contributed by atoms with van der Waals surface area (Å²) in [5, 5.41) is 16.8. The highest BCUT2D eigenvalue weighted by molar-refractivity contribution is 7.89. The van der Waals surface area contributed by atoms with Crippen molar-refractivity contribution < 1.29 is 31.2 Å². The quantitative estimate of drug-likeness (QED) is 0.424. The molecule has 1 aliphatic rings. The summed E-state index contributed by atoms with van der Waals surface area (Å²) in [4.78, 5) is 11.2. The highest BCUT2D eigenvalue weighted by Crippen LogP contribution is 2.45. The van der Waals surface area contributed by atoms with Crippen molar-refractivity contribution in [1.29, 1.82) is 0 Å². The number of H-pyrrole nitrogens is 1. The van der Waals surface area contributed by atoms with Crippen LogP contribution in [0.4, 0.5) is 4.39 Å². The second-order valence-corrected chi connectivity index (χ2v) is 10.6. The first-order valence-corrected chi connectivity index (χ1v) is 12.5. The SMILES string of the molecule is [2H]C([2H])([2H])[C@]1(O)CCOc2c(S(=O)(=O)N[C@H](c3n[nH]c(=O)o3)[C@H](C)c3c(F)ccc(Cl)c3C)ccc(Cl)c21. The van der Waals surface area contributed by atoms with Crippen molar-refractivity contribution in [2.45, 2.75) is 49.6 Å². The van der Waals surface area contributed by atoms with E-state index in [-0.39, 0.29) is 28.6 Å². The van der Waals surface area contributed by atoms with E-state index in [0.29, 0.717) is 5.56 Å². The van der Waals surface area contributed by atoms with E-state index in [4.69, 9.17) is 36.5 Å². The maximum absolute atomic E-state index is 14.9. The van der Waals surface area contributed by atoms with Crippen LogP contribution in [0.3, 0.4) is 0 Å². The Morgan fingerprint density at radius 3 is 2.69 bits per heavy atom. The maximum Gasteiger partial charge on any atom is 0.434 e. The molecule has 1 aliphatic heterocycles. The molecule has 0 saturated carbocycles. The van der Waals surface area contributed by atoms with Gasteiger partial charge in [-0.2, -0.15) is 4.72 Å². The molecule has 0 saturated heterocycles. The largest absolute Gasteiger partial charge is 0.492 e. The molecule has 0 radical (unpaired) electrons. The molecule has 0 spiro atoms. The first-order chi connectivity index (χ1) is 17.6. The van der Waals surface area contributed by atoms with E-state index in [2.05, 4.69) is 9.82 Å². The third-order valence-corrected chi connectivity index (χ3v) is 8.03. The summed E-state index contributed by atoms with van der Waals surface area (Å²) in [5.41, 5.74) is -2.51. The summed E-state index contributed by atoms with van der Waals surface area (Å²) < 4.78 is 78.7. The summed E-state index contributed by atoms with van der Waals surface area (Å²) in [6.45, 7) is -0.249. The number of fused-ring (bicyclic) bond motifs is 1. The number of aromatic amines is 1. The lowest BCUT2D eigenvalue weighted by Crippen LogP contribution is -2.35.